The molecular formula is C14H13ClFN3O. The van der Waals surface area contributed by atoms with Gasteiger partial charge in [0, 0.05) is 30.9 Å². The topological polar surface area (TPSA) is 60.1 Å². The lowest BCUT2D eigenvalue weighted by molar-refractivity contribution is 0.0999. The molecule has 1 aromatic heterocycles. The number of amides is 1. The molecule has 0 aliphatic carbocycles. The Morgan fingerprint density at radius 2 is 2.25 bits per heavy atom. The lowest BCUT2D eigenvalue weighted by Crippen LogP contribution is -2.29. The van der Waals surface area contributed by atoms with Gasteiger partial charge in [-0.3, -0.25) is 4.79 Å². The average molecular weight is 294 g/mol. The smallest absolute Gasteiger partial charge is 0.251 e. The van der Waals surface area contributed by atoms with Crippen molar-refractivity contribution in [3.05, 3.63) is 46.5 Å². The van der Waals surface area contributed by atoms with Crippen LogP contribution in [0.15, 0.2) is 24.3 Å². The van der Waals surface area contributed by atoms with Crippen molar-refractivity contribution in [2.45, 2.75) is 13.1 Å². The molecule has 3 rings (SSSR count). The minimum Gasteiger partial charge on any atom is -0.366 e. The van der Waals surface area contributed by atoms with Gasteiger partial charge in [0.25, 0.3) is 5.91 Å². The zero-order chi connectivity index (χ0) is 14.3. The molecule has 1 aliphatic rings. The second-order valence-corrected chi connectivity index (χ2v) is 5.05. The summed E-state index contributed by atoms with van der Waals surface area (Å²) in [5, 5.41) is 3.61. The quantitative estimate of drug-likeness (QED) is 0.891. The molecule has 20 heavy (non-hydrogen) atoms. The first-order valence-electron chi connectivity index (χ1n) is 6.27. The van der Waals surface area contributed by atoms with Crippen LogP contribution in [0, 0.1) is 5.82 Å². The number of hydrogen-bond donors (Lipinski definition) is 2. The van der Waals surface area contributed by atoms with E-state index in [-0.39, 0.29) is 5.82 Å². The highest BCUT2D eigenvalue weighted by Gasteiger charge is 2.27. The third kappa shape index (κ3) is 1.99. The number of aromatic nitrogens is 1. The molecule has 0 bridgehead atoms. The third-order valence-electron chi connectivity index (χ3n) is 3.47. The van der Waals surface area contributed by atoms with Crippen LogP contribution >= 0.6 is 11.6 Å². The third-order valence-corrected chi connectivity index (χ3v) is 3.87. The number of halogens is 2. The van der Waals surface area contributed by atoms with Gasteiger partial charge in [0.1, 0.15) is 11.0 Å². The van der Waals surface area contributed by atoms with Crippen molar-refractivity contribution >= 4 is 17.5 Å². The van der Waals surface area contributed by atoms with E-state index in [1.165, 1.54) is 12.1 Å². The Balaban J connectivity index is 2.29. The molecular weight excluding hydrogens is 281 g/mol. The molecule has 0 radical (unpaired) electrons. The summed E-state index contributed by atoms with van der Waals surface area (Å²) in [6.45, 7) is 1.94. The lowest BCUT2D eigenvalue weighted by Gasteiger charge is -2.17. The van der Waals surface area contributed by atoms with Gasteiger partial charge in [0.15, 0.2) is 0 Å². The normalized spacial score (nSPS) is 14.1. The molecule has 2 heterocycles. The number of carbonyl (C=O) groups is 1. The molecule has 1 amide bonds. The fourth-order valence-corrected chi connectivity index (χ4v) is 3.01. The highest BCUT2D eigenvalue weighted by Crippen LogP contribution is 2.37. The van der Waals surface area contributed by atoms with Gasteiger partial charge in [-0.25, -0.2) is 4.39 Å². The summed E-state index contributed by atoms with van der Waals surface area (Å²) in [4.78, 5) is 11.8. The van der Waals surface area contributed by atoms with Gasteiger partial charge in [-0.1, -0.05) is 23.7 Å². The van der Waals surface area contributed by atoms with Crippen molar-refractivity contribution in [2.24, 2.45) is 5.73 Å². The number of nitrogens with zero attached hydrogens (tertiary/aromatic N) is 1. The number of carbonyl (C=O) groups excluding carboxylic acids is 1. The average Bonchev–Trinajstić information content (AvgIpc) is 2.73. The fourth-order valence-electron chi connectivity index (χ4n) is 2.62. The summed E-state index contributed by atoms with van der Waals surface area (Å²) in [5.74, 6) is -0.931. The van der Waals surface area contributed by atoms with Crippen LogP contribution < -0.4 is 11.1 Å². The van der Waals surface area contributed by atoms with Crippen LogP contribution in [-0.2, 0) is 13.1 Å². The predicted octanol–water partition coefficient (Wildman–Crippen LogP) is 2.15. The standard InChI is InChI=1S/C14H13ClFN3O/c15-13-11(8-2-1-3-9(16)6-8)12(14(17)20)10-7-18-4-5-19(10)13/h1-3,6,18H,4-5,7H2,(H2,17,20). The van der Waals surface area contributed by atoms with E-state index in [0.29, 0.717) is 34.9 Å². The Bertz CT molecular complexity index is 696. The summed E-state index contributed by atoms with van der Waals surface area (Å²) >= 11 is 6.38. The van der Waals surface area contributed by atoms with E-state index in [9.17, 15) is 9.18 Å². The predicted molar refractivity (Wildman–Crippen MR) is 75.1 cm³/mol. The number of nitrogens with two attached hydrogens (primary N) is 1. The first-order valence-corrected chi connectivity index (χ1v) is 6.64. The van der Waals surface area contributed by atoms with Crippen molar-refractivity contribution in [3.63, 3.8) is 0 Å². The van der Waals surface area contributed by atoms with E-state index in [0.717, 1.165) is 12.2 Å². The van der Waals surface area contributed by atoms with Gasteiger partial charge in [-0.15, -0.1) is 0 Å². The molecule has 0 saturated heterocycles. The number of benzene rings is 1. The maximum Gasteiger partial charge on any atom is 0.251 e. The van der Waals surface area contributed by atoms with Crippen LogP contribution in [0.25, 0.3) is 11.1 Å². The molecule has 0 unspecified atom stereocenters. The zero-order valence-electron chi connectivity index (χ0n) is 10.6. The summed E-state index contributed by atoms with van der Waals surface area (Å²) < 4.78 is 15.3. The molecule has 0 fully saturated rings. The van der Waals surface area contributed by atoms with Crippen molar-refractivity contribution < 1.29 is 9.18 Å². The summed E-state index contributed by atoms with van der Waals surface area (Å²) in [7, 11) is 0. The van der Waals surface area contributed by atoms with Gasteiger partial charge in [0.05, 0.1) is 5.56 Å². The Hall–Kier alpha value is -1.85. The van der Waals surface area contributed by atoms with Gasteiger partial charge in [0.2, 0.25) is 0 Å². The molecule has 2 aromatic rings. The summed E-state index contributed by atoms with van der Waals surface area (Å²) in [6.07, 6.45) is 0. The molecule has 0 spiro atoms. The van der Waals surface area contributed by atoms with E-state index >= 15 is 0 Å². The first-order chi connectivity index (χ1) is 9.59. The second kappa shape index (κ2) is 4.92. The molecule has 4 nitrogen and oxygen atoms in total. The minimum atomic E-state index is -0.552. The number of fused-ring (bicyclic) bond motifs is 1. The van der Waals surface area contributed by atoms with Crippen LogP contribution in [0.5, 0.6) is 0 Å². The molecule has 6 heteroatoms. The van der Waals surface area contributed by atoms with E-state index in [1.54, 1.807) is 12.1 Å². The maximum absolute atomic E-state index is 13.4. The maximum atomic E-state index is 13.4. The van der Waals surface area contributed by atoms with Gasteiger partial charge in [-0.2, -0.15) is 0 Å². The molecule has 3 N–H and O–H groups in total. The summed E-state index contributed by atoms with van der Waals surface area (Å²) in [5.41, 5.74) is 7.69. The van der Waals surface area contributed by atoms with Crippen LogP contribution in [0.4, 0.5) is 4.39 Å². The van der Waals surface area contributed by atoms with E-state index in [2.05, 4.69) is 5.32 Å². The fraction of sp³-hybridized carbons (Fsp3) is 0.214. The molecule has 1 aromatic carbocycles. The van der Waals surface area contributed by atoms with Gasteiger partial charge in [-0.05, 0) is 17.7 Å². The highest BCUT2D eigenvalue weighted by molar-refractivity contribution is 6.33. The Labute approximate surface area is 120 Å². The molecule has 1 aliphatic heterocycles. The molecule has 104 valence electrons. The van der Waals surface area contributed by atoms with Gasteiger partial charge >= 0.3 is 0 Å². The SMILES string of the molecule is NC(=O)c1c(-c2cccc(F)c2)c(Cl)n2c1CNCC2. The zero-order valence-corrected chi connectivity index (χ0v) is 11.4. The van der Waals surface area contributed by atoms with Crippen molar-refractivity contribution in [1.82, 2.24) is 9.88 Å². The van der Waals surface area contributed by atoms with Crippen molar-refractivity contribution in [1.29, 1.82) is 0 Å². The van der Waals surface area contributed by atoms with Crippen LogP contribution in [0.1, 0.15) is 16.1 Å². The number of rotatable bonds is 2. The number of hydrogen-bond acceptors (Lipinski definition) is 2. The highest BCUT2D eigenvalue weighted by atomic mass is 35.5. The van der Waals surface area contributed by atoms with Crippen LogP contribution in [0.2, 0.25) is 5.15 Å². The Kier molecular flexibility index (Phi) is 3.23. The van der Waals surface area contributed by atoms with E-state index in [4.69, 9.17) is 17.3 Å². The number of primary amides is 1. The minimum absolute atomic E-state index is 0.368. The Morgan fingerprint density at radius 1 is 1.45 bits per heavy atom. The van der Waals surface area contributed by atoms with Crippen molar-refractivity contribution in [3.8, 4) is 11.1 Å². The Morgan fingerprint density at radius 3 is 2.95 bits per heavy atom. The monoisotopic (exact) mass is 293 g/mol. The van der Waals surface area contributed by atoms with Crippen LogP contribution in [0.3, 0.4) is 0 Å². The first kappa shape index (κ1) is 13.1. The van der Waals surface area contributed by atoms with E-state index in [1.807, 2.05) is 4.57 Å². The lowest BCUT2D eigenvalue weighted by atomic mass is 10.0. The number of nitrogens with one attached hydrogen (secondary N) is 1. The van der Waals surface area contributed by atoms with Crippen molar-refractivity contribution in [2.75, 3.05) is 6.54 Å². The largest absolute Gasteiger partial charge is 0.366 e. The van der Waals surface area contributed by atoms with Crippen LogP contribution in [-0.4, -0.2) is 17.0 Å². The summed E-state index contributed by atoms with van der Waals surface area (Å²) in [6, 6.07) is 6.00. The van der Waals surface area contributed by atoms with E-state index < -0.39 is 5.91 Å². The molecule has 0 saturated carbocycles. The van der Waals surface area contributed by atoms with Gasteiger partial charge < -0.3 is 15.6 Å². The molecule has 0 atom stereocenters. The second-order valence-electron chi connectivity index (χ2n) is 4.69.